The summed E-state index contributed by atoms with van der Waals surface area (Å²) >= 11 is 0. The third-order valence-electron chi connectivity index (χ3n) is 6.65. The second kappa shape index (κ2) is 9.79. The van der Waals surface area contributed by atoms with Crippen LogP contribution in [0, 0.1) is 0 Å². The van der Waals surface area contributed by atoms with Gasteiger partial charge < -0.3 is 9.88 Å². The Hall–Kier alpha value is -4.44. The van der Waals surface area contributed by atoms with Crippen LogP contribution in [0.5, 0.6) is 0 Å². The van der Waals surface area contributed by atoms with Gasteiger partial charge in [-0.1, -0.05) is 54.6 Å². The van der Waals surface area contributed by atoms with E-state index in [9.17, 15) is 13.2 Å². The van der Waals surface area contributed by atoms with Crippen LogP contribution in [0.1, 0.15) is 17.5 Å². The van der Waals surface area contributed by atoms with Gasteiger partial charge in [-0.15, -0.1) is 0 Å². The van der Waals surface area contributed by atoms with E-state index in [1.807, 2.05) is 71.7 Å². The highest BCUT2D eigenvalue weighted by Gasteiger charge is 2.28. The van der Waals surface area contributed by atoms with Crippen LogP contribution in [0.15, 0.2) is 85.3 Å². The third kappa shape index (κ3) is 4.90. The van der Waals surface area contributed by atoms with E-state index in [2.05, 4.69) is 20.5 Å². The number of benzene rings is 3. The van der Waals surface area contributed by atoms with Crippen molar-refractivity contribution >= 4 is 38.3 Å². The van der Waals surface area contributed by atoms with Gasteiger partial charge >= 0.3 is 0 Å². The zero-order chi connectivity index (χ0) is 26.1. The van der Waals surface area contributed by atoms with Crippen molar-refractivity contribution < 1.29 is 13.2 Å². The molecule has 0 atom stereocenters. The Morgan fingerprint density at radius 2 is 1.79 bits per heavy atom. The van der Waals surface area contributed by atoms with Gasteiger partial charge in [0.15, 0.2) is 5.82 Å². The quantitative estimate of drug-likeness (QED) is 0.330. The van der Waals surface area contributed by atoms with Crippen molar-refractivity contribution in [3.63, 3.8) is 0 Å². The monoisotopic (exact) mass is 526 g/mol. The number of amides is 1. The molecule has 0 saturated carbocycles. The fourth-order valence-electron chi connectivity index (χ4n) is 4.72. The molecule has 0 radical (unpaired) electrons. The standard InChI is InChI=1S/C28H26N6O3S/c35-27(30-28-24-16-23(11-12-25(24)31-32-28)34-13-4-14-38(34,36)37)15-20-7-9-21(10-8-20)17-33-18-26(29-19-33)22-5-2-1-3-6-22/h1-3,5-12,16,18-19H,4,13-15,17H2,(H2,30,31,32,35). The van der Waals surface area contributed by atoms with Crippen molar-refractivity contribution in [1.82, 2.24) is 19.7 Å². The van der Waals surface area contributed by atoms with Crippen LogP contribution in [-0.4, -0.2) is 46.4 Å². The van der Waals surface area contributed by atoms with Crippen molar-refractivity contribution in [2.24, 2.45) is 0 Å². The molecule has 0 bridgehead atoms. The van der Waals surface area contributed by atoms with E-state index in [1.165, 1.54) is 4.31 Å². The number of aromatic amines is 1. The van der Waals surface area contributed by atoms with Crippen LogP contribution < -0.4 is 9.62 Å². The lowest BCUT2D eigenvalue weighted by atomic mass is 10.1. The van der Waals surface area contributed by atoms with Gasteiger partial charge in [-0.05, 0) is 35.7 Å². The minimum Gasteiger partial charge on any atom is -0.332 e. The van der Waals surface area contributed by atoms with Crippen LogP contribution in [-0.2, 0) is 27.8 Å². The third-order valence-corrected chi connectivity index (χ3v) is 8.52. The van der Waals surface area contributed by atoms with Gasteiger partial charge in [0.1, 0.15) is 0 Å². The number of hydrogen-bond acceptors (Lipinski definition) is 5. The predicted molar refractivity (Wildman–Crippen MR) is 147 cm³/mol. The van der Waals surface area contributed by atoms with Gasteiger partial charge in [-0.25, -0.2) is 13.4 Å². The van der Waals surface area contributed by atoms with Crippen LogP contribution in [0.25, 0.3) is 22.2 Å². The number of anilines is 2. The first-order chi connectivity index (χ1) is 18.4. The summed E-state index contributed by atoms with van der Waals surface area (Å²) in [7, 11) is -3.29. The summed E-state index contributed by atoms with van der Waals surface area (Å²) in [6.07, 6.45) is 4.64. The summed E-state index contributed by atoms with van der Waals surface area (Å²) < 4.78 is 28.1. The molecule has 6 rings (SSSR count). The fraction of sp³-hybridized carbons (Fsp3) is 0.179. The molecule has 1 saturated heterocycles. The van der Waals surface area contributed by atoms with E-state index < -0.39 is 10.0 Å². The first-order valence-electron chi connectivity index (χ1n) is 12.4. The Morgan fingerprint density at radius 3 is 2.55 bits per heavy atom. The Labute approximate surface area is 220 Å². The molecule has 9 nitrogen and oxygen atoms in total. The molecule has 0 aliphatic carbocycles. The van der Waals surface area contributed by atoms with Crippen molar-refractivity contribution in [3.8, 4) is 11.3 Å². The zero-order valence-corrected chi connectivity index (χ0v) is 21.4. The minimum atomic E-state index is -3.29. The first-order valence-corrected chi connectivity index (χ1v) is 14.0. The molecule has 3 aromatic carbocycles. The maximum Gasteiger partial charge on any atom is 0.235 e. The van der Waals surface area contributed by atoms with Crippen LogP contribution in [0.3, 0.4) is 0 Å². The molecule has 2 N–H and O–H groups in total. The molecule has 2 aromatic heterocycles. The summed E-state index contributed by atoms with van der Waals surface area (Å²) in [5.41, 5.74) is 5.30. The lowest BCUT2D eigenvalue weighted by Gasteiger charge is -2.16. The van der Waals surface area contributed by atoms with Gasteiger partial charge in [-0.3, -0.25) is 14.2 Å². The molecule has 10 heteroatoms. The lowest BCUT2D eigenvalue weighted by molar-refractivity contribution is -0.115. The Kier molecular flexibility index (Phi) is 6.16. The number of sulfonamides is 1. The van der Waals surface area contributed by atoms with Crippen molar-refractivity contribution in [3.05, 3.63) is 96.4 Å². The van der Waals surface area contributed by atoms with Crippen molar-refractivity contribution in [1.29, 1.82) is 0 Å². The molecule has 0 unspecified atom stereocenters. The van der Waals surface area contributed by atoms with Crippen molar-refractivity contribution in [2.45, 2.75) is 19.4 Å². The number of carbonyl (C=O) groups is 1. The second-order valence-electron chi connectivity index (χ2n) is 9.38. The van der Waals surface area contributed by atoms with E-state index in [0.717, 1.165) is 27.9 Å². The van der Waals surface area contributed by atoms with E-state index in [0.29, 0.717) is 36.4 Å². The molecular weight excluding hydrogens is 500 g/mol. The van der Waals surface area contributed by atoms with Crippen LogP contribution >= 0.6 is 0 Å². The van der Waals surface area contributed by atoms with E-state index in [4.69, 9.17) is 0 Å². The maximum absolute atomic E-state index is 12.8. The van der Waals surface area contributed by atoms with E-state index in [-0.39, 0.29) is 18.1 Å². The first kappa shape index (κ1) is 23.9. The molecule has 1 aliphatic heterocycles. The highest BCUT2D eigenvalue weighted by Crippen LogP contribution is 2.30. The molecule has 38 heavy (non-hydrogen) atoms. The Balaban J connectivity index is 1.10. The number of hydrogen-bond donors (Lipinski definition) is 2. The molecule has 1 aliphatic rings. The minimum absolute atomic E-state index is 0.149. The highest BCUT2D eigenvalue weighted by atomic mass is 32.2. The largest absolute Gasteiger partial charge is 0.332 e. The average molecular weight is 527 g/mol. The predicted octanol–water partition coefficient (Wildman–Crippen LogP) is 4.20. The summed E-state index contributed by atoms with van der Waals surface area (Å²) in [4.78, 5) is 17.3. The van der Waals surface area contributed by atoms with Gasteiger partial charge in [-0.2, -0.15) is 5.10 Å². The van der Waals surface area contributed by atoms with Crippen LogP contribution in [0.4, 0.5) is 11.5 Å². The van der Waals surface area contributed by atoms with Crippen LogP contribution in [0.2, 0.25) is 0 Å². The molecule has 5 aromatic rings. The summed E-state index contributed by atoms with van der Waals surface area (Å²) in [5, 5.41) is 10.7. The SMILES string of the molecule is O=C(Cc1ccc(Cn2cnc(-c3ccccc3)c2)cc1)Nc1n[nH]c2ccc(N3CCCS3(=O)=O)cc12. The molecule has 3 heterocycles. The van der Waals surface area contributed by atoms with Gasteiger partial charge in [0.05, 0.1) is 35.4 Å². The number of rotatable bonds is 7. The fourth-order valence-corrected chi connectivity index (χ4v) is 6.28. The topological polar surface area (TPSA) is 113 Å². The normalized spacial score (nSPS) is 14.7. The summed E-state index contributed by atoms with van der Waals surface area (Å²) in [6.45, 7) is 1.14. The lowest BCUT2D eigenvalue weighted by Crippen LogP contribution is -2.24. The van der Waals surface area contributed by atoms with E-state index in [1.54, 1.807) is 18.2 Å². The van der Waals surface area contributed by atoms with Crippen molar-refractivity contribution in [2.75, 3.05) is 21.9 Å². The van der Waals surface area contributed by atoms with Gasteiger partial charge in [0, 0.05) is 30.2 Å². The maximum atomic E-state index is 12.8. The second-order valence-corrected chi connectivity index (χ2v) is 11.4. The number of carbonyl (C=O) groups excluding carboxylic acids is 1. The Bertz CT molecular complexity index is 1710. The highest BCUT2D eigenvalue weighted by molar-refractivity contribution is 7.93. The van der Waals surface area contributed by atoms with Gasteiger partial charge in [0.25, 0.3) is 0 Å². The van der Waals surface area contributed by atoms with Gasteiger partial charge in [0.2, 0.25) is 15.9 Å². The molecule has 1 amide bonds. The molecular formula is C28H26N6O3S. The molecule has 1 fully saturated rings. The number of nitrogens with zero attached hydrogens (tertiary/aromatic N) is 4. The van der Waals surface area contributed by atoms with E-state index >= 15 is 0 Å². The number of aromatic nitrogens is 4. The number of fused-ring (bicyclic) bond motifs is 1. The molecule has 0 spiro atoms. The number of imidazole rings is 1. The number of H-pyrrole nitrogens is 1. The zero-order valence-electron chi connectivity index (χ0n) is 20.5. The molecule has 192 valence electrons. The summed E-state index contributed by atoms with van der Waals surface area (Å²) in [6, 6.07) is 23.3. The average Bonchev–Trinajstić information content (AvgIpc) is 3.64. The number of nitrogens with one attached hydrogen (secondary N) is 2. The Morgan fingerprint density at radius 1 is 1.00 bits per heavy atom. The smallest absolute Gasteiger partial charge is 0.235 e. The summed E-state index contributed by atoms with van der Waals surface area (Å²) in [5.74, 6) is 0.331.